The van der Waals surface area contributed by atoms with Gasteiger partial charge in [0, 0.05) is 26.4 Å². The molecular weight excluding hydrogens is 260 g/mol. The van der Waals surface area contributed by atoms with Gasteiger partial charge in [-0.25, -0.2) is 0 Å². The Hall–Kier alpha value is -1.83. The summed E-state index contributed by atoms with van der Waals surface area (Å²) in [5.74, 6) is 0.964. The average molecular weight is 278 g/mol. The summed E-state index contributed by atoms with van der Waals surface area (Å²) in [5.41, 5.74) is 0.674. The molecule has 0 aromatic carbocycles. The van der Waals surface area contributed by atoms with E-state index in [1.54, 1.807) is 13.3 Å². The molecule has 2 rings (SSSR count). The summed E-state index contributed by atoms with van der Waals surface area (Å²) in [4.78, 5) is 10.5. The van der Waals surface area contributed by atoms with Gasteiger partial charge in [-0.2, -0.15) is 4.98 Å². The van der Waals surface area contributed by atoms with Crippen LogP contribution >= 0.6 is 0 Å². The van der Waals surface area contributed by atoms with Gasteiger partial charge >= 0.3 is 0 Å². The first-order valence-electron chi connectivity index (χ1n) is 6.39. The summed E-state index contributed by atoms with van der Waals surface area (Å²) in [6.45, 7) is 2.36. The van der Waals surface area contributed by atoms with Crippen molar-refractivity contribution in [3.05, 3.63) is 30.3 Å². The van der Waals surface area contributed by atoms with Crippen LogP contribution in [0.3, 0.4) is 0 Å². The van der Waals surface area contributed by atoms with E-state index in [1.807, 2.05) is 23.1 Å². The molecule has 2 aromatic rings. The summed E-state index contributed by atoms with van der Waals surface area (Å²) in [7, 11) is 1.64. The number of hydrogen-bond donors (Lipinski definition) is 1. The molecule has 0 amide bonds. The Morgan fingerprint density at radius 1 is 1.35 bits per heavy atom. The molecule has 0 aliphatic rings. The lowest BCUT2D eigenvalue weighted by Crippen LogP contribution is -2.29. The Bertz CT molecular complexity index is 503. The molecular formula is C13H18N4O3. The average Bonchev–Trinajstić information content (AvgIpc) is 2.94. The van der Waals surface area contributed by atoms with E-state index in [1.165, 1.54) is 0 Å². The van der Waals surface area contributed by atoms with Crippen molar-refractivity contribution in [2.45, 2.75) is 6.54 Å². The fraction of sp³-hybridized carbons (Fsp3) is 0.462. The Kier molecular flexibility index (Phi) is 5.60. The van der Waals surface area contributed by atoms with Crippen LogP contribution < -0.4 is 0 Å². The van der Waals surface area contributed by atoms with Crippen molar-refractivity contribution in [3.63, 3.8) is 0 Å². The number of aliphatic hydroxyl groups excluding tert-OH is 1. The van der Waals surface area contributed by atoms with Crippen molar-refractivity contribution < 1.29 is 14.4 Å². The van der Waals surface area contributed by atoms with Gasteiger partial charge in [-0.15, -0.1) is 0 Å². The fourth-order valence-corrected chi connectivity index (χ4v) is 1.74. The predicted molar refractivity (Wildman–Crippen MR) is 71.8 cm³/mol. The second-order valence-electron chi connectivity index (χ2n) is 4.22. The molecule has 7 nitrogen and oxygen atoms in total. The van der Waals surface area contributed by atoms with E-state index < -0.39 is 0 Å². The Balaban J connectivity index is 2.00. The van der Waals surface area contributed by atoms with Gasteiger partial charge in [0.05, 0.1) is 19.8 Å². The summed E-state index contributed by atoms with van der Waals surface area (Å²) < 4.78 is 10.2. The molecule has 0 aliphatic heterocycles. The number of nitrogens with zero attached hydrogens (tertiary/aromatic N) is 4. The standard InChI is InChI=1S/C13H18N4O3/c1-19-9-7-17(6-8-18)10-12-15-13(16-20-12)11-4-2-3-5-14-11/h2-5,18H,6-10H2,1H3. The molecule has 0 radical (unpaired) electrons. The van der Waals surface area contributed by atoms with E-state index in [2.05, 4.69) is 15.1 Å². The highest BCUT2D eigenvalue weighted by molar-refractivity contribution is 5.46. The predicted octanol–water partition coefficient (Wildman–Crippen LogP) is 0.572. The highest BCUT2D eigenvalue weighted by Crippen LogP contribution is 2.12. The van der Waals surface area contributed by atoms with Gasteiger partial charge in [0.15, 0.2) is 0 Å². The molecule has 2 heterocycles. The third-order valence-corrected chi connectivity index (χ3v) is 2.75. The van der Waals surface area contributed by atoms with Gasteiger partial charge in [0.1, 0.15) is 5.69 Å². The van der Waals surface area contributed by atoms with Crippen LogP contribution in [0, 0.1) is 0 Å². The first kappa shape index (κ1) is 14.6. The monoisotopic (exact) mass is 278 g/mol. The van der Waals surface area contributed by atoms with Crippen LogP contribution in [0.25, 0.3) is 11.5 Å². The molecule has 0 saturated heterocycles. The van der Waals surface area contributed by atoms with Crippen molar-refractivity contribution in [1.29, 1.82) is 0 Å². The third-order valence-electron chi connectivity index (χ3n) is 2.75. The first-order valence-corrected chi connectivity index (χ1v) is 6.39. The van der Waals surface area contributed by atoms with Gasteiger partial charge in [-0.3, -0.25) is 9.88 Å². The fourth-order valence-electron chi connectivity index (χ4n) is 1.74. The van der Waals surface area contributed by atoms with Crippen molar-refractivity contribution in [1.82, 2.24) is 20.0 Å². The van der Waals surface area contributed by atoms with E-state index in [0.29, 0.717) is 43.7 Å². The Morgan fingerprint density at radius 3 is 2.95 bits per heavy atom. The lowest BCUT2D eigenvalue weighted by atomic mass is 10.3. The molecule has 0 fully saturated rings. The molecule has 2 aromatic heterocycles. The lowest BCUT2D eigenvalue weighted by molar-refractivity contribution is 0.118. The first-order chi connectivity index (χ1) is 9.83. The highest BCUT2D eigenvalue weighted by Gasteiger charge is 2.13. The zero-order valence-electron chi connectivity index (χ0n) is 11.4. The zero-order chi connectivity index (χ0) is 14.2. The van der Waals surface area contributed by atoms with Gasteiger partial charge in [0.2, 0.25) is 11.7 Å². The van der Waals surface area contributed by atoms with E-state index in [0.717, 1.165) is 0 Å². The molecule has 0 atom stereocenters. The maximum absolute atomic E-state index is 9.04. The summed E-state index contributed by atoms with van der Waals surface area (Å²) >= 11 is 0. The Morgan fingerprint density at radius 2 is 2.25 bits per heavy atom. The number of aromatic nitrogens is 3. The molecule has 0 saturated carbocycles. The minimum Gasteiger partial charge on any atom is -0.395 e. The second kappa shape index (κ2) is 7.68. The van der Waals surface area contributed by atoms with Gasteiger partial charge < -0.3 is 14.4 Å². The maximum atomic E-state index is 9.04. The van der Waals surface area contributed by atoms with Crippen LogP contribution in [0.1, 0.15) is 5.89 Å². The number of hydrogen-bond acceptors (Lipinski definition) is 7. The number of aliphatic hydroxyl groups is 1. The lowest BCUT2D eigenvalue weighted by Gasteiger charge is -2.18. The minimum absolute atomic E-state index is 0.0744. The van der Waals surface area contributed by atoms with Gasteiger partial charge in [0.25, 0.3) is 0 Å². The van der Waals surface area contributed by atoms with E-state index in [4.69, 9.17) is 14.4 Å². The molecule has 0 bridgehead atoms. The quantitative estimate of drug-likeness (QED) is 0.755. The van der Waals surface area contributed by atoms with Crippen molar-refractivity contribution in [3.8, 4) is 11.5 Å². The van der Waals surface area contributed by atoms with Crippen LogP contribution in [0.2, 0.25) is 0 Å². The van der Waals surface area contributed by atoms with Crippen molar-refractivity contribution in [2.24, 2.45) is 0 Å². The second-order valence-corrected chi connectivity index (χ2v) is 4.22. The number of ether oxygens (including phenoxy) is 1. The SMILES string of the molecule is COCCN(CCO)Cc1nc(-c2ccccn2)no1. The molecule has 0 unspecified atom stereocenters. The largest absolute Gasteiger partial charge is 0.395 e. The van der Waals surface area contributed by atoms with E-state index >= 15 is 0 Å². The van der Waals surface area contributed by atoms with Crippen LogP contribution in [0.5, 0.6) is 0 Å². The topological polar surface area (TPSA) is 84.5 Å². The zero-order valence-corrected chi connectivity index (χ0v) is 11.4. The molecule has 7 heteroatoms. The highest BCUT2D eigenvalue weighted by atomic mass is 16.5. The summed E-state index contributed by atoms with van der Waals surface area (Å²) in [6.07, 6.45) is 1.68. The van der Waals surface area contributed by atoms with E-state index in [-0.39, 0.29) is 6.61 Å². The Labute approximate surface area is 117 Å². The van der Waals surface area contributed by atoms with Crippen LogP contribution in [-0.4, -0.2) is 58.5 Å². The molecule has 0 spiro atoms. The third kappa shape index (κ3) is 4.09. The van der Waals surface area contributed by atoms with E-state index in [9.17, 15) is 0 Å². The number of rotatable bonds is 8. The summed E-state index contributed by atoms with van der Waals surface area (Å²) in [6, 6.07) is 5.53. The minimum atomic E-state index is 0.0744. The normalized spacial score (nSPS) is 11.2. The molecule has 0 aliphatic carbocycles. The molecule has 20 heavy (non-hydrogen) atoms. The van der Waals surface area contributed by atoms with Gasteiger partial charge in [-0.05, 0) is 12.1 Å². The van der Waals surface area contributed by atoms with Crippen LogP contribution in [-0.2, 0) is 11.3 Å². The van der Waals surface area contributed by atoms with Crippen LogP contribution in [0.4, 0.5) is 0 Å². The molecule has 1 N–H and O–H groups in total. The van der Waals surface area contributed by atoms with Crippen molar-refractivity contribution in [2.75, 3.05) is 33.4 Å². The van der Waals surface area contributed by atoms with Crippen LogP contribution in [0.15, 0.2) is 28.9 Å². The maximum Gasteiger partial charge on any atom is 0.241 e. The van der Waals surface area contributed by atoms with Gasteiger partial charge in [-0.1, -0.05) is 11.2 Å². The molecule has 108 valence electrons. The summed E-state index contributed by atoms with van der Waals surface area (Å²) in [5, 5.41) is 12.9. The smallest absolute Gasteiger partial charge is 0.241 e. The number of pyridine rings is 1. The van der Waals surface area contributed by atoms with Crippen molar-refractivity contribution >= 4 is 0 Å². The number of methoxy groups -OCH3 is 1.